The third-order valence-corrected chi connectivity index (χ3v) is 4.66. The molecule has 4 nitrogen and oxygen atoms in total. The van der Waals surface area contributed by atoms with Crippen LogP contribution in [0, 0.1) is 5.92 Å². The smallest absolute Gasteiger partial charge is 0.146 e. The maximum atomic E-state index is 6.11. The number of para-hydroxylation sites is 1. The first-order chi connectivity index (χ1) is 10.3. The Labute approximate surface area is 130 Å². The Balaban J connectivity index is 1.93. The van der Waals surface area contributed by atoms with E-state index in [1.54, 1.807) is 7.11 Å². The summed E-state index contributed by atoms with van der Waals surface area (Å²) in [5.41, 5.74) is 2.04. The number of fused-ring (bicyclic) bond motifs is 1. The number of halogens is 1. The summed E-state index contributed by atoms with van der Waals surface area (Å²) in [5, 5.41) is 0. The minimum atomic E-state index is 0.433. The third-order valence-electron chi connectivity index (χ3n) is 4.42. The van der Waals surface area contributed by atoms with Gasteiger partial charge in [0.05, 0.1) is 18.5 Å². The lowest BCUT2D eigenvalue weighted by atomic mass is 10.1. The molecule has 0 saturated carbocycles. The summed E-state index contributed by atoms with van der Waals surface area (Å²) in [7, 11) is 1.68. The molecule has 2 aromatic rings. The number of benzene rings is 1. The van der Waals surface area contributed by atoms with E-state index in [1.165, 1.54) is 19.5 Å². The minimum absolute atomic E-state index is 0.433. The molecule has 114 valence electrons. The quantitative estimate of drug-likeness (QED) is 0.795. The minimum Gasteiger partial charge on any atom is -0.494 e. The number of methoxy groups -OCH3 is 1. The van der Waals surface area contributed by atoms with Crippen LogP contribution in [0.5, 0.6) is 5.75 Å². The lowest BCUT2D eigenvalue weighted by Crippen LogP contribution is -2.21. The third kappa shape index (κ3) is 2.74. The molecule has 0 radical (unpaired) electrons. The van der Waals surface area contributed by atoms with Crippen molar-refractivity contribution in [3.8, 4) is 5.75 Å². The van der Waals surface area contributed by atoms with Crippen LogP contribution in [-0.4, -0.2) is 41.2 Å². The highest BCUT2D eigenvalue weighted by Gasteiger charge is 2.23. The van der Waals surface area contributed by atoms with Crippen molar-refractivity contribution in [2.24, 2.45) is 5.92 Å². The van der Waals surface area contributed by atoms with Crippen LogP contribution in [-0.2, 0) is 12.4 Å². The van der Waals surface area contributed by atoms with Gasteiger partial charge in [-0.2, -0.15) is 0 Å². The number of nitrogens with zero attached hydrogens (tertiary/aromatic N) is 3. The fraction of sp³-hybridized carbons (Fsp3) is 0.562. The molecule has 1 atom stereocenters. The van der Waals surface area contributed by atoms with E-state index in [-0.39, 0.29) is 0 Å². The molecule has 0 aliphatic carbocycles. The SMILES string of the molecule is CCN1CCC(Cn2c(CCl)nc3c(OC)cccc32)C1. The van der Waals surface area contributed by atoms with Gasteiger partial charge in [0.2, 0.25) is 0 Å². The predicted octanol–water partition coefficient (Wildman–Crippen LogP) is 3.13. The van der Waals surface area contributed by atoms with Gasteiger partial charge < -0.3 is 14.2 Å². The van der Waals surface area contributed by atoms with Gasteiger partial charge in [-0.05, 0) is 37.6 Å². The topological polar surface area (TPSA) is 30.3 Å². The molecule has 1 fully saturated rings. The normalized spacial score (nSPS) is 19.5. The van der Waals surface area contributed by atoms with Crippen molar-refractivity contribution >= 4 is 22.6 Å². The second-order valence-corrected chi connectivity index (χ2v) is 5.92. The summed E-state index contributed by atoms with van der Waals surface area (Å²) in [5.74, 6) is 2.86. The summed E-state index contributed by atoms with van der Waals surface area (Å²) in [4.78, 5) is 7.18. The van der Waals surface area contributed by atoms with Crippen LogP contribution in [0.2, 0.25) is 0 Å². The first-order valence-electron chi connectivity index (χ1n) is 7.57. The Morgan fingerprint density at radius 2 is 2.29 bits per heavy atom. The standard InChI is InChI=1S/C16H22ClN3O/c1-3-19-8-7-12(10-19)11-20-13-5-4-6-14(21-2)16(13)18-15(20)9-17/h4-6,12H,3,7-11H2,1-2H3. The molecule has 0 N–H and O–H groups in total. The van der Waals surface area contributed by atoms with E-state index < -0.39 is 0 Å². The zero-order chi connectivity index (χ0) is 14.8. The van der Waals surface area contributed by atoms with Gasteiger partial charge in [0.15, 0.2) is 0 Å². The van der Waals surface area contributed by atoms with E-state index >= 15 is 0 Å². The maximum absolute atomic E-state index is 6.11. The highest BCUT2D eigenvalue weighted by atomic mass is 35.5. The largest absolute Gasteiger partial charge is 0.494 e. The fourth-order valence-corrected chi connectivity index (χ4v) is 3.45. The van der Waals surface area contributed by atoms with Crippen LogP contribution in [0.4, 0.5) is 0 Å². The highest BCUT2D eigenvalue weighted by molar-refractivity contribution is 6.16. The van der Waals surface area contributed by atoms with Crippen LogP contribution < -0.4 is 4.74 Å². The van der Waals surface area contributed by atoms with Crippen LogP contribution in [0.3, 0.4) is 0 Å². The fourth-order valence-electron chi connectivity index (χ4n) is 3.25. The molecule has 0 bridgehead atoms. The van der Waals surface area contributed by atoms with E-state index in [1.807, 2.05) is 12.1 Å². The molecule has 0 amide bonds. The van der Waals surface area contributed by atoms with Crippen LogP contribution in [0.25, 0.3) is 11.0 Å². The van der Waals surface area contributed by atoms with Crippen LogP contribution >= 0.6 is 11.6 Å². The molecule has 1 aliphatic rings. The molecule has 1 aliphatic heterocycles. The Bertz CT molecular complexity index is 625. The molecule has 2 heterocycles. The second-order valence-electron chi connectivity index (χ2n) is 5.65. The summed E-state index contributed by atoms with van der Waals surface area (Å²) in [6, 6.07) is 6.07. The number of hydrogen-bond acceptors (Lipinski definition) is 3. The number of ether oxygens (including phenoxy) is 1. The Morgan fingerprint density at radius 1 is 1.43 bits per heavy atom. The molecule has 1 saturated heterocycles. The summed E-state index contributed by atoms with van der Waals surface area (Å²) in [6.45, 7) is 6.72. The average molecular weight is 308 g/mol. The average Bonchev–Trinajstić information content (AvgIpc) is 3.12. The number of rotatable bonds is 5. The van der Waals surface area contributed by atoms with Crippen LogP contribution in [0.15, 0.2) is 18.2 Å². The van der Waals surface area contributed by atoms with Gasteiger partial charge in [-0.3, -0.25) is 0 Å². The Kier molecular flexibility index (Phi) is 4.36. The van der Waals surface area contributed by atoms with Gasteiger partial charge >= 0.3 is 0 Å². The molecular weight excluding hydrogens is 286 g/mol. The van der Waals surface area contributed by atoms with Gasteiger partial charge in [0.25, 0.3) is 0 Å². The Morgan fingerprint density at radius 3 is 2.95 bits per heavy atom. The lowest BCUT2D eigenvalue weighted by Gasteiger charge is -2.15. The van der Waals surface area contributed by atoms with Crippen molar-refractivity contribution in [1.82, 2.24) is 14.5 Å². The van der Waals surface area contributed by atoms with Crippen molar-refractivity contribution in [2.45, 2.75) is 25.8 Å². The highest BCUT2D eigenvalue weighted by Crippen LogP contribution is 2.28. The summed E-state index contributed by atoms with van der Waals surface area (Å²) in [6.07, 6.45) is 1.25. The van der Waals surface area contributed by atoms with Crippen LogP contribution in [0.1, 0.15) is 19.2 Å². The van der Waals surface area contributed by atoms with Crippen molar-refractivity contribution in [3.05, 3.63) is 24.0 Å². The summed E-state index contributed by atoms with van der Waals surface area (Å²) < 4.78 is 7.69. The van der Waals surface area contributed by atoms with Gasteiger partial charge in [-0.25, -0.2) is 4.98 Å². The lowest BCUT2D eigenvalue weighted by molar-refractivity contribution is 0.333. The Hall–Kier alpha value is -1.26. The van der Waals surface area contributed by atoms with E-state index in [0.717, 1.165) is 35.7 Å². The van der Waals surface area contributed by atoms with Gasteiger partial charge in [0.1, 0.15) is 17.1 Å². The number of aromatic nitrogens is 2. The number of imidazole rings is 1. The van der Waals surface area contributed by atoms with E-state index in [4.69, 9.17) is 16.3 Å². The molecular formula is C16H22ClN3O. The van der Waals surface area contributed by atoms with Crippen molar-refractivity contribution in [1.29, 1.82) is 0 Å². The molecule has 21 heavy (non-hydrogen) atoms. The van der Waals surface area contributed by atoms with Gasteiger partial charge in [-0.15, -0.1) is 11.6 Å². The van der Waals surface area contributed by atoms with Gasteiger partial charge in [-0.1, -0.05) is 13.0 Å². The van der Waals surface area contributed by atoms with Crippen molar-refractivity contribution in [2.75, 3.05) is 26.7 Å². The van der Waals surface area contributed by atoms with E-state index in [2.05, 4.69) is 27.4 Å². The molecule has 1 unspecified atom stereocenters. The molecule has 1 aromatic carbocycles. The second kappa shape index (κ2) is 6.24. The van der Waals surface area contributed by atoms with E-state index in [9.17, 15) is 0 Å². The molecule has 3 rings (SSSR count). The van der Waals surface area contributed by atoms with E-state index in [0.29, 0.717) is 11.8 Å². The predicted molar refractivity (Wildman–Crippen MR) is 86.1 cm³/mol. The first kappa shape index (κ1) is 14.7. The van der Waals surface area contributed by atoms with Crippen molar-refractivity contribution < 1.29 is 4.74 Å². The maximum Gasteiger partial charge on any atom is 0.146 e. The summed E-state index contributed by atoms with van der Waals surface area (Å²) >= 11 is 6.11. The first-order valence-corrected chi connectivity index (χ1v) is 8.10. The zero-order valence-electron chi connectivity index (χ0n) is 12.7. The molecule has 1 aromatic heterocycles. The van der Waals surface area contributed by atoms with Crippen molar-refractivity contribution in [3.63, 3.8) is 0 Å². The van der Waals surface area contributed by atoms with Gasteiger partial charge in [0, 0.05) is 13.1 Å². The zero-order valence-corrected chi connectivity index (χ0v) is 13.4. The number of hydrogen-bond donors (Lipinski definition) is 0. The number of likely N-dealkylation sites (tertiary alicyclic amines) is 1. The molecule has 0 spiro atoms. The monoisotopic (exact) mass is 307 g/mol. The molecule has 5 heteroatoms. The number of alkyl halides is 1.